The van der Waals surface area contributed by atoms with Gasteiger partial charge in [-0.3, -0.25) is 4.79 Å². The zero-order chi connectivity index (χ0) is 12.4. The molecule has 0 saturated carbocycles. The molecule has 0 N–H and O–H groups in total. The van der Waals surface area contributed by atoms with Gasteiger partial charge in [0.2, 0.25) is 0 Å². The molecule has 0 aliphatic rings. The standard InChI is InChI=1S/C14H10ClFO/c1-9-6-11(8-13(16)7-9)14(17)10-2-4-12(15)5-3-10/h2-8H,1H3. The van der Waals surface area contributed by atoms with Crippen molar-refractivity contribution >= 4 is 17.4 Å². The van der Waals surface area contributed by atoms with Crippen LogP contribution in [0.5, 0.6) is 0 Å². The lowest BCUT2D eigenvalue weighted by atomic mass is 10.0. The number of carbonyl (C=O) groups excluding carboxylic acids is 1. The van der Waals surface area contributed by atoms with Crippen LogP contribution in [0.25, 0.3) is 0 Å². The minimum Gasteiger partial charge on any atom is -0.289 e. The van der Waals surface area contributed by atoms with Crippen LogP contribution in [0.2, 0.25) is 5.02 Å². The average molecular weight is 249 g/mol. The molecule has 1 nitrogen and oxygen atoms in total. The molecule has 0 radical (unpaired) electrons. The van der Waals surface area contributed by atoms with E-state index in [-0.39, 0.29) is 5.78 Å². The zero-order valence-electron chi connectivity index (χ0n) is 9.21. The highest BCUT2D eigenvalue weighted by Crippen LogP contribution is 2.16. The first-order valence-electron chi connectivity index (χ1n) is 5.14. The van der Waals surface area contributed by atoms with Gasteiger partial charge in [-0.05, 0) is 55.0 Å². The Morgan fingerprint density at radius 2 is 1.71 bits per heavy atom. The number of benzene rings is 2. The van der Waals surface area contributed by atoms with Crippen molar-refractivity contribution in [1.29, 1.82) is 0 Å². The first-order valence-corrected chi connectivity index (χ1v) is 5.51. The van der Waals surface area contributed by atoms with E-state index in [0.29, 0.717) is 16.1 Å². The lowest BCUT2D eigenvalue weighted by Gasteiger charge is -2.03. The van der Waals surface area contributed by atoms with E-state index >= 15 is 0 Å². The Hall–Kier alpha value is -1.67. The summed E-state index contributed by atoms with van der Waals surface area (Å²) >= 11 is 5.74. The topological polar surface area (TPSA) is 17.1 Å². The summed E-state index contributed by atoms with van der Waals surface area (Å²) in [6.07, 6.45) is 0. The molecule has 0 heterocycles. The van der Waals surface area contributed by atoms with Crippen LogP contribution in [-0.4, -0.2) is 5.78 Å². The van der Waals surface area contributed by atoms with Crippen LogP contribution in [0.1, 0.15) is 21.5 Å². The number of rotatable bonds is 2. The summed E-state index contributed by atoms with van der Waals surface area (Å²) in [6.45, 7) is 1.75. The summed E-state index contributed by atoms with van der Waals surface area (Å²) < 4.78 is 13.2. The van der Waals surface area contributed by atoms with Gasteiger partial charge in [0.15, 0.2) is 5.78 Å². The van der Waals surface area contributed by atoms with Gasteiger partial charge in [-0.1, -0.05) is 11.6 Å². The van der Waals surface area contributed by atoms with Crippen molar-refractivity contribution in [1.82, 2.24) is 0 Å². The highest BCUT2D eigenvalue weighted by Gasteiger charge is 2.10. The van der Waals surface area contributed by atoms with Crippen molar-refractivity contribution in [3.05, 3.63) is 70.0 Å². The number of ketones is 1. The van der Waals surface area contributed by atoms with Crippen LogP contribution in [0.3, 0.4) is 0 Å². The fourth-order valence-corrected chi connectivity index (χ4v) is 1.76. The zero-order valence-corrected chi connectivity index (χ0v) is 9.96. The lowest BCUT2D eigenvalue weighted by molar-refractivity contribution is 0.103. The quantitative estimate of drug-likeness (QED) is 0.734. The van der Waals surface area contributed by atoms with Crippen LogP contribution in [0.4, 0.5) is 4.39 Å². The van der Waals surface area contributed by atoms with E-state index in [2.05, 4.69) is 0 Å². The van der Waals surface area contributed by atoms with E-state index in [4.69, 9.17) is 11.6 Å². The highest BCUT2D eigenvalue weighted by atomic mass is 35.5. The van der Waals surface area contributed by atoms with Gasteiger partial charge in [-0.2, -0.15) is 0 Å². The van der Waals surface area contributed by atoms with E-state index in [1.54, 1.807) is 37.3 Å². The first kappa shape index (κ1) is 11.8. The molecule has 2 aromatic rings. The fourth-order valence-electron chi connectivity index (χ4n) is 1.64. The Kier molecular flexibility index (Phi) is 3.25. The second-order valence-corrected chi connectivity index (χ2v) is 4.29. The smallest absolute Gasteiger partial charge is 0.193 e. The molecule has 0 saturated heterocycles. The number of hydrogen-bond acceptors (Lipinski definition) is 1. The van der Waals surface area contributed by atoms with Gasteiger partial charge in [0, 0.05) is 16.1 Å². The molecule has 86 valence electrons. The summed E-state index contributed by atoms with van der Waals surface area (Å²) in [7, 11) is 0. The SMILES string of the molecule is Cc1cc(F)cc(C(=O)c2ccc(Cl)cc2)c1. The predicted molar refractivity (Wildman–Crippen MR) is 66.0 cm³/mol. The van der Waals surface area contributed by atoms with Crippen molar-refractivity contribution in [3.63, 3.8) is 0 Å². The number of carbonyl (C=O) groups is 1. The molecule has 2 rings (SSSR count). The molecule has 0 amide bonds. The Balaban J connectivity index is 2.40. The fraction of sp³-hybridized carbons (Fsp3) is 0.0714. The van der Waals surface area contributed by atoms with Gasteiger partial charge in [0.05, 0.1) is 0 Å². The molecule has 2 aromatic carbocycles. The molecule has 0 atom stereocenters. The number of halogens is 2. The normalized spacial score (nSPS) is 10.3. The van der Waals surface area contributed by atoms with E-state index in [0.717, 1.165) is 5.56 Å². The third-order valence-electron chi connectivity index (χ3n) is 2.41. The van der Waals surface area contributed by atoms with E-state index in [1.807, 2.05) is 0 Å². The van der Waals surface area contributed by atoms with Crippen LogP contribution in [0.15, 0.2) is 42.5 Å². The molecule has 0 unspecified atom stereocenters. The van der Waals surface area contributed by atoms with Gasteiger partial charge in [0.25, 0.3) is 0 Å². The van der Waals surface area contributed by atoms with E-state index < -0.39 is 5.82 Å². The molecular weight excluding hydrogens is 239 g/mol. The maximum Gasteiger partial charge on any atom is 0.193 e. The Morgan fingerprint density at radius 1 is 1.06 bits per heavy atom. The summed E-state index contributed by atoms with van der Waals surface area (Å²) in [4.78, 5) is 12.1. The van der Waals surface area contributed by atoms with Gasteiger partial charge in [-0.25, -0.2) is 4.39 Å². The molecule has 0 fully saturated rings. The summed E-state index contributed by atoms with van der Waals surface area (Å²) in [6, 6.07) is 10.8. The van der Waals surface area contributed by atoms with Gasteiger partial charge in [-0.15, -0.1) is 0 Å². The summed E-state index contributed by atoms with van der Waals surface area (Å²) in [5, 5.41) is 0.567. The number of hydrogen-bond donors (Lipinski definition) is 0. The van der Waals surface area contributed by atoms with Crippen molar-refractivity contribution in [3.8, 4) is 0 Å². The Morgan fingerprint density at radius 3 is 2.29 bits per heavy atom. The molecule has 3 heteroatoms. The molecule has 0 bridgehead atoms. The molecular formula is C14H10ClFO. The van der Waals surface area contributed by atoms with E-state index in [9.17, 15) is 9.18 Å². The van der Waals surface area contributed by atoms with Crippen molar-refractivity contribution in [2.45, 2.75) is 6.92 Å². The minimum absolute atomic E-state index is 0.204. The molecule has 0 aromatic heterocycles. The maximum atomic E-state index is 13.2. The second-order valence-electron chi connectivity index (χ2n) is 3.85. The van der Waals surface area contributed by atoms with Gasteiger partial charge < -0.3 is 0 Å². The number of aryl methyl sites for hydroxylation is 1. The van der Waals surface area contributed by atoms with Crippen LogP contribution in [0, 0.1) is 12.7 Å². The molecule has 0 spiro atoms. The molecule has 17 heavy (non-hydrogen) atoms. The van der Waals surface area contributed by atoms with Gasteiger partial charge >= 0.3 is 0 Å². The third kappa shape index (κ3) is 2.71. The van der Waals surface area contributed by atoms with Crippen LogP contribution >= 0.6 is 11.6 Å². The van der Waals surface area contributed by atoms with Gasteiger partial charge in [0.1, 0.15) is 5.82 Å². The largest absolute Gasteiger partial charge is 0.289 e. The van der Waals surface area contributed by atoms with Crippen LogP contribution in [-0.2, 0) is 0 Å². The van der Waals surface area contributed by atoms with Crippen LogP contribution < -0.4 is 0 Å². The van der Waals surface area contributed by atoms with E-state index in [1.165, 1.54) is 12.1 Å². The predicted octanol–water partition coefficient (Wildman–Crippen LogP) is 4.02. The average Bonchev–Trinajstić information content (AvgIpc) is 2.28. The van der Waals surface area contributed by atoms with Crippen molar-refractivity contribution < 1.29 is 9.18 Å². The summed E-state index contributed by atoms with van der Waals surface area (Å²) in [5.41, 5.74) is 1.58. The summed E-state index contributed by atoms with van der Waals surface area (Å²) in [5.74, 6) is -0.605. The molecule has 0 aliphatic heterocycles. The molecule has 0 aliphatic carbocycles. The van der Waals surface area contributed by atoms with Crippen molar-refractivity contribution in [2.24, 2.45) is 0 Å². The monoisotopic (exact) mass is 248 g/mol. The second kappa shape index (κ2) is 4.68. The third-order valence-corrected chi connectivity index (χ3v) is 2.66. The highest BCUT2D eigenvalue weighted by molar-refractivity contribution is 6.30. The Labute approximate surface area is 104 Å². The maximum absolute atomic E-state index is 13.2. The minimum atomic E-state index is -0.401. The lowest BCUT2D eigenvalue weighted by Crippen LogP contribution is -2.02. The Bertz CT molecular complexity index is 541. The van der Waals surface area contributed by atoms with Crippen molar-refractivity contribution in [2.75, 3.05) is 0 Å². The first-order chi connectivity index (χ1) is 8.06.